The highest BCUT2D eigenvalue weighted by molar-refractivity contribution is 5.97. The van der Waals surface area contributed by atoms with E-state index in [1.165, 1.54) is 46.6 Å². The molecule has 162 valence electrons. The van der Waals surface area contributed by atoms with E-state index in [0.29, 0.717) is 23.0 Å². The Morgan fingerprint density at radius 2 is 1.70 bits per heavy atom. The van der Waals surface area contributed by atoms with Crippen molar-refractivity contribution in [1.82, 2.24) is 10.6 Å². The third-order valence-corrected chi connectivity index (χ3v) is 4.01. The van der Waals surface area contributed by atoms with E-state index in [-0.39, 0.29) is 12.1 Å². The van der Waals surface area contributed by atoms with Crippen LogP contribution in [0, 0.1) is 0 Å². The number of carbonyl (C=O) groups excluding carboxylic acids is 3. The van der Waals surface area contributed by atoms with Gasteiger partial charge in [0.2, 0.25) is 5.75 Å². The van der Waals surface area contributed by atoms with Crippen LogP contribution in [0.25, 0.3) is 0 Å². The molecule has 0 fully saturated rings. The van der Waals surface area contributed by atoms with Crippen molar-refractivity contribution in [2.75, 3.05) is 27.9 Å². The molecular weight excluding hydrogens is 396 g/mol. The van der Waals surface area contributed by atoms with E-state index in [1.807, 2.05) is 0 Å². The molecule has 0 saturated carbocycles. The van der Waals surface area contributed by atoms with Gasteiger partial charge in [-0.15, -0.1) is 0 Å². The monoisotopic (exact) mass is 420 g/mol. The van der Waals surface area contributed by atoms with Crippen LogP contribution in [-0.2, 0) is 20.9 Å². The first-order valence-corrected chi connectivity index (χ1v) is 8.97. The van der Waals surface area contributed by atoms with Gasteiger partial charge in [-0.2, -0.15) is 0 Å². The van der Waals surface area contributed by atoms with Crippen LogP contribution in [0.4, 0.5) is 0 Å². The Labute approximate surface area is 173 Å². The van der Waals surface area contributed by atoms with Gasteiger partial charge >= 0.3 is 5.97 Å². The van der Waals surface area contributed by atoms with Crippen LogP contribution in [0.15, 0.2) is 34.9 Å². The molecule has 0 aliphatic rings. The lowest BCUT2D eigenvalue weighted by Crippen LogP contribution is -2.38. The molecule has 0 spiro atoms. The van der Waals surface area contributed by atoms with Crippen molar-refractivity contribution in [1.29, 1.82) is 0 Å². The third-order valence-electron chi connectivity index (χ3n) is 4.01. The second-order valence-corrected chi connectivity index (χ2v) is 6.03. The van der Waals surface area contributed by atoms with Crippen molar-refractivity contribution >= 4 is 17.8 Å². The van der Waals surface area contributed by atoms with E-state index in [4.69, 9.17) is 23.4 Å². The van der Waals surface area contributed by atoms with E-state index < -0.39 is 30.4 Å². The molecule has 0 radical (unpaired) electrons. The lowest BCUT2D eigenvalue weighted by molar-refractivity contribution is -0.153. The van der Waals surface area contributed by atoms with Crippen LogP contribution in [0.3, 0.4) is 0 Å². The van der Waals surface area contributed by atoms with E-state index in [9.17, 15) is 14.4 Å². The van der Waals surface area contributed by atoms with Gasteiger partial charge in [0.05, 0.1) is 34.1 Å². The van der Waals surface area contributed by atoms with E-state index in [0.717, 1.165) is 0 Å². The Kier molecular flexibility index (Phi) is 8.09. The van der Waals surface area contributed by atoms with Gasteiger partial charge in [-0.1, -0.05) is 0 Å². The van der Waals surface area contributed by atoms with Crippen molar-refractivity contribution in [3.8, 4) is 17.2 Å². The van der Waals surface area contributed by atoms with E-state index in [2.05, 4.69) is 10.6 Å². The molecule has 10 nitrogen and oxygen atoms in total. The van der Waals surface area contributed by atoms with Crippen molar-refractivity contribution in [2.45, 2.75) is 19.6 Å². The Bertz CT molecular complexity index is 854. The quantitative estimate of drug-likeness (QED) is 0.551. The standard InChI is InChI=1S/C20H24N2O8/c1-12(19(24)21-10-14-6-5-7-29-14)30-17(23)11-22-20(25)13-8-15(26-2)18(28-4)16(9-13)27-3/h5-9,12H,10-11H2,1-4H3,(H,21,24)(H,22,25)/t12-/m1/s1. The molecule has 1 aromatic heterocycles. The van der Waals surface area contributed by atoms with Crippen LogP contribution in [0.5, 0.6) is 17.2 Å². The molecule has 30 heavy (non-hydrogen) atoms. The summed E-state index contributed by atoms with van der Waals surface area (Å²) < 4.78 is 25.7. The molecule has 0 saturated heterocycles. The molecule has 2 N–H and O–H groups in total. The molecule has 0 aliphatic carbocycles. The second-order valence-electron chi connectivity index (χ2n) is 6.03. The fourth-order valence-corrected chi connectivity index (χ4v) is 2.49. The van der Waals surface area contributed by atoms with Crippen LogP contribution in [0.2, 0.25) is 0 Å². The summed E-state index contributed by atoms with van der Waals surface area (Å²) in [6, 6.07) is 6.30. The molecule has 1 atom stereocenters. The van der Waals surface area contributed by atoms with Crippen LogP contribution in [-0.4, -0.2) is 51.8 Å². The average Bonchev–Trinajstić information content (AvgIpc) is 3.28. The van der Waals surface area contributed by atoms with Gasteiger partial charge in [0.25, 0.3) is 11.8 Å². The minimum Gasteiger partial charge on any atom is -0.493 e. The Morgan fingerprint density at radius 3 is 2.23 bits per heavy atom. The highest BCUT2D eigenvalue weighted by atomic mass is 16.5. The molecular formula is C20H24N2O8. The molecule has 0 unspecified atom stereocenters. The first-order valence-electron chi connectivity index (χ1n) is 8.97. The predicted molar refractivity (Wildman–Crippen MR) is 105 cm³/mol. The number of esters is 1. The highest BCUT2D eigenvalue weighted by Gasteiger charge is 2.20. The Morgan fingerprint density at radius 1 is 1.03 bits per heavy atom. The zero-order valence-electron chi connectivity index (χ0n) is 17.1. The first kappa shape index (κ1) is 22.6. The van der Waals surface area contributed by atoms with Crippen LogP contribution < -0.4 is 24.8 Å². The number of methoxy groups -OCH3 is 3. The van der Waals surface area contributed by atoms with Gasteiger partial charge in [0.1, 0.15) is 12.3 Å². The summed E-state index contributed by atoms with van der Waals surface area (Å²) in [6.45, 7) is 1.17. The van der Waals surface area contributed by atoms with E-state index in [1.54, 1.807) is 12.1 Å². The molecule has 2 amide bonds. The highest BCUT2D eigenvalue weighted by Crippen LogP contribution is 2.38. The molecule has 0 bridgehead atoms. The minimum atomic E-state index is -1.04. The molecule has 10 heteroatoms. The zero-order chi connectivity index (χ0) is 22.1. The number of ether oxygens (including phenoxy) is 4. The van der Waals surface area contributed by atoms with Gasteiger partial charge in [0.15, 0.2) is 17.6 Å². The Hall–Kier alpha value is -3.69. The number of furan rings is 1. The predicted octanol–water partition coefficient (Wildman–Crippen LogP) is 1.28. The van der Waals surface area contributed by atoms with Gasteiger partial charge < -0.3 is 34.0 Å². The lowest BCUT2D eigenvalue weighted by Gasteiger charge is -2.15. The van der Waals surface area contributed by atoms with Crippen LogP contribution >= 0.6 is 0 Å². The van der Waals surface area contributed by atoms with Gasteiger partial charge in [-0.3, -0.25) is 14.4 Å². The molecule has 2 aromatic rings. The number of amides is 2. The maximum atomic E-state index is 12.4. The summed E-state index contributed by atoms with van der Waals surface area (Å²) in [5.74, 6) is -0.309. The summed E-state index contributed by atoms with van der Waals surface area (Å²) in [5.41, 5.74) is 0.196. The number of carbonyl (C=O) groups is 3. The van der Waals surface area contributed by atoms with Gasteiger partial charge in [-0.25, -0.2) is 0 Å². The Balaban J connectivity index is 1.87. The van der Waals surface area contributed by atoms with E-state index >= 15 is 0 Å². The first-order chi connectivity index (χ1) is 14.4. The van der Waals surface area contributed by atoms with Crippen molar-refractivity contribution in [3.63, 3.8) is 0 Å². The van der Waals surface area contributed by atoms with Gasteiger partial charge in [-0.05, 0) is 31.2 Å². The maximum Gasteiger partial charge on any atom is 0.326 e. The van der Waals surface area contributed by atoms with Crippen molar-refractivity contribution in [3.05, 3.63) is 41.9 Å². The number of hydrogen-bond acceptors (Lipinski definition) is 8. The fourth-order valence-electron chi connectivity index (χ4n) is 2.49. The third kappa shape index (κ3) is 5.90. The molecule has 1 heterocycles. The topological polar surface area (TPSA) is 125 Å². The summed E-state index contributed by atoms with van der Waals surface area (Å²) in [7, 11) is 4.30. The lowest BCUT2D eigenvalue weighted by atomic mass is 10.1. The fraction of sp³-hybridized carbons (Fsp3) is 0.350. The largest absolute Gasteiger partial charge is 0.493 e. The number of hydrogen-bond donors (Lipinski definition) is 2. The summed E-state index contributed by atoms with van der Waals surface area (Å²) in [6.07, 6.45) is 0.451. The average molecular weight is 420 g/mol. The van der Waals surface area contributed by atoms with Gasteiger partial charge in [0, 0.05) is 5.56 Å². The molecule has 0 aliphatic heterocycles. The molecule has 2 rings (SSSR count). The SMILES string of the molecule is COc1cc(C(=O)NCC(=O)O[C@H](C)C(=O)NCc2ccco2)cc(OC)c1OC. The minimum absolute atomic E-state index is 0.172. The summed E-state index contributed by atoms with van der Waals surface area (Å²) in [4.78, 5) is 36.3. The smallest absolute Gasteiger partial charge is 0.326 e. The number of rotatable bonds is 10. The van der Waals surface area contributed by atoms with Crippen molar-refractivity contribution in [2.24, 2.45) is 0 Å². The summed E-state index contributed by atoms with van der Waals surface area (Å²) >= 11 is 0. The zero-order valence-corrected chi connectivity index (χ0v) is 17.1. The van der Waals surface area contributed by atoms with Crippen molar-refractivity contribution < 1.29 is 37.7 Å². The number of benzene rings is 1. The van der Waals surface area contributed by atoms with Crippen LogP contribution in [0.1, 0.15) is 23.0 Å². The second kappa shape index (κ2) is 10.7. The maximum absolute atomic E-state index is 12.4. The summed E-state index contributed by atoms with van der Waals surface area (Å²) in [5, 5.41) is 5.01. The normalized spacial score (nSPS) is 11.2. The molecule has 1 aromatic carbocycles. The number of nitrogens with one attached hydrogen (secondary N) is 2.